The Morgan fingerprint density at radius 3 is 2.53 bits per heavy atom. The molecule has 0 aliphatic heterocycles. The van der Waals surface area contributed by atoms with E-state index in [0.29, 0.717) is 11.3 Å². The quantitative estimate of drug-likeness (QED) is 0.607. The number of nitrogens with one attached hydrogen (secondary N) is 1. The van der Waals surface area contributed by atoms with Crippen LogP contribution in [0.5, 0.6) is 0 Å². The summed E-state index contributed by atoms with van der Waals surface area (Å²) >= 11 is 0. The molecule has 5 N–H and O–H groups in total. The van der Waals surface area contributed by atoms with Crippen molar-refractivity contribution in [3.8, 4) is 11.4 Å². The maximum atomic E-state index is 11.0. The first-order valence-electron chi connectivity index (χ1n) is 5.79. The number of aromatic amines is 1. The molecular formula is C14H12N4O. The van der Waals surface area contributed by atoms with Crippen LogP contribution in [0.2, 0.25) is 0 Å². The number of fused-ring (bicyclic) bond motifs is 1. The largest absolute Gasteiger partial charge is 0.399 e. The van der Waals surface area contributed by atoms with Gasteiger partial charge in [-0.15, -0.1) is 0 Å². The van der Waals surface area contributed by atoms with Crippen LogP contribution in [0.3, 0.4) is 0 Å². The number of carbonyl (C=O) groups excluding carboxylic acids is 1. The van der Waals surface area contributed by atoms with E-state index in [1.165, 1.54) is 0 Å². The molecule has 3 aromatic rings. The molecule has 3 rings (SSSR count). The van der Waals surface area contributed by atoms with Crippen LogP contribution >= 0.6 is 0 Å². The minimum Gasteiger partial charge on any atom is -0.399 e. The highest BCUT2D eigenvalue weighted by Gasteiger charge is 2.06. The van der Waals surface area contributed by atoms with Gasteiger partial charge in [-0.3, -0.25) is 4.79 Å². The highest BCUT2D eigenvalue weighted by molar-refractivity contribution is 5.93. The lowest BCUT2D eigenvalue weighted by Crippen LogP contribution is -2.10. The van der Waals surface area contributed by atoms with E-state index in [0.717, 1.165) is 22.4 Å². The average Bonchev–Trinajstić information content (AvgIpc) is 2.81. The number of carbonyl (C=O) groups is 1. The second kappa shape index (κ2) is 4.13. The van der Waals surface area contributed by atoms with Gasteiger partial charge in [0, 0.05) is 16.8 Å². The second-order valence-electron chi connectivity index (χ2n) is 4.30. The third-order valence-electron chi connectivity index (χ3n) is 2.95. The maximum absolute atomic E-state index is 11.0. The van der Waals surface area contributed by atoms with Gasteiger partial charge in [0.25, 0.3) is 0 Å². The van der Waals surface area contributed by atoms with Gasteiger partial charge in [-0.25, -0.2) is 4.98 Å². The van der Waals surface area contributed by atoms with Crippen LogP contribution in [-0.4, -0.2) is 15.9 Å². The summed E-state index contributed by atoms with van der Waals surface area (Å²) in [6, 6.07) is 12.5. The number of rotatable bonds is 2. The van der Waals surface area contributed by atoms with Crippen LogP contribution < -0.4 is 11.5 Å². The number of aromatic nitrogens is 2. The van der Waals surface area contributed by atoms with E-state index in [2.05, 4.69) is 9.97 Å². The summed E-state index contributed by atoms with van der Waals surface area (Å²) in [6.45, 7) is 0. The van der Waals surface area contributed by atoms with E-state index < -0.39 is 5.91 Å². The third-order valence-corrected chi connectivity index (χ3v) is 2.95. The predicted molar refractivity (Wildman–Crippen MR) is 74.5 cm³/mol. The van der Waals surface area contributed by atoms with Gasteiger partial charge >= 0.3 is 0 Å². The normalized spacial score (nSPS) is 10.7. The summed E-state index contributed by atoms with van der Waals surface area (Å²) in [5.74, 6) is 0.292. The molecule has 94 valence electrons. The Bertz CT molecular complexity index is 759. The molecule has 0 radical (unpaired) electrons. The van der Waals surface area contributed by atoms with E-state index in [1.807, 2.05) is 18.2 Å². The van der Waals surface area contributed by atoms with E-state index in [1.54, 1.807) is 24.3 Å². The molecule has 1 aromatic heterocycles. The van der Waals surface area contributed by atoms with Gasteiger partial charge in [0.2, 0.25) is 5.91 Å². The summed E-state index contributed by atoms with van der Waals surface area (Å²) in [7, 11) is 0. The van der Waals surface area contributed by atoms with Gasteiger partial charge in [0.15, 0.2) is 0 Å². The van der Waals surface area contributed by atoms with Crippen molar-refractivity contribution in [1.82, 2.24) is 9.97 Å². The number of nitrogens with two attached hydrogens (primary N) is 2. The number of imidazole rings is 1. The summed E-state index contributed by atoms with van der Waals surface area (Å²) in [6.07, 6.45) is 0. The molecule has 19 heavy (non-hydrogen) atoms. The minimum atomic E-state index is -0.441. The molecule has 0 aliphatic rings. The molecule has 0 unspecified atom stereocenters. The van der Waals surface area contributed by atoms with Crippen molar-refractivity contribution in [2.75, 3.05) is 5.73 Å². The summed E-state index contributed by atoms with van der Waals surface area (Å²) < 4.78 is 0. The lowest BCUT2D eigenvalue weighted by atomic mass is 10.1. The van der Waals surface area contributed by atoms with Gasteiger partial charge in [0.1, 0.15) is 5.82 Å². The Morgan fingerprint density at radius 1 is 1.11 bits per heavy atom. The summed E-state index contributed by atoms with van der Waals surface area (Å²) in [5.41, 5.74) is 14.7. The molecule has 0 saturated carbocycles. The highest BCUT2D eigenvalue weighted by atomic mass is 16.1. The maximum Gasteiger partial charge on any atom is 0.248 e. The number of H-pyrrole nitrogens is 1. The lowest BCUT2D eigenvalue weighted by molar-refractivity contribution is 0.100. The zero-order valence-corrected chi connectivity index (χ0v) is 10.1. The zero-order chi connectivity index (χ0) is 13.4. The number of nitrogen functional groups attached to an aromatic ring is 1. The van der Waals surface area contributed by atoms with Gasteiger partial charge in [-0.05, 0) is 30.3 Å². The Hall–Kier alpha value is -2.82. The van der Waals surface area contributed by atoms with Crippen molar-refractivity contribution in [3.63, 3.8) is 0 Å². The lowest BCUT2D eigenvalue weighted by Gasteiger charge is -1.98. The monoisotopic (exact) mass is 252 g/mol. The van der Waals surface area contributed by atoms with Crippen LogP contribution in [0.1, 0.15) is 10.4 Å². The molecule has 0 bridgehead atoms. The molecular weight excluding hydrogens is 240 g/mol. The van der Waals surface area contributed by atoms with E-state index >= 15 is 0 Å². The molecule has 5 heteroatoms. The van der Waals surface area contributed by atoms with Gasteiger partial charge in [-0.2, -0.15) is 0 Å². The van der Waals surface area contributed by atoms with E-state index in [4.69, 9.17) is 11.5 Å². The van der Waals surface area contributed by atoms with E-state index in [9.17, 15) is 4.79 Å². The Kier molecular flexibility index (Phi) is 2.45. The predicted octanol–water partition coefficient (Wildman–Crippen LogP) is 1.91. The van der Waals surface area contributed by atoms with Gasteiger partial charge in [-0.1, -0.05) is 12.1 Å². The fourth-order valence-corrected chi connectivity index (χ4v) is 1.95. The molecule has 1 heterocycles. The first-order chi connectivity index (χ1) is 9.13. The molecule has 1 amide bonds. The molecule has 2 aromatic carbocycles. The van der Waals surface area contributed by atoms with Crippen molar-refractivity contribution in [2.45, 2.75) is 0 Å². The standard InChI is InChI=1S/C14H12N4O/c15-10-5-6-11-12(7-10)18-14(17-11)9-3-1-8(2-4-9)13(16)19/h1-7H,15H2,(H2,16,19)(H,17,18). The number of primary amides is 1. The van der Waals surface area contributed by atoms with Gasteiger partial charge in [0.05, 0.1) is 11.0 Å². The first-order valence-corrected chi connectivity index (χ1v) is 5.79. The molecule has 0 atom stereocenters. The molecule has 0 saturated heterocycles. The summed E-state index contributed by atoms with van der Waals surface area (Å²) in [5, 5.41) is 0. The first kappa shape index (κ1) is 11.3. The number of hydrogen-bond acceptors (Lipinski definition) is 3. The van der Waals surface area contributed by atoms with Crippen molar-refractivity contribution in [1.29, 1.82) is 0 Å². The Balaban J connectivity index is 2.06. The fraction of sp³-hybridized carbons (Fsp3) is 0. The van der Waals surface area contributed by atoms with Crippen LogP contribution in [-0.2, 0) is 0 Å². The number of nitrogens with zero attached hydrogens (tertiary/aromatic N) is 1. The zero-order valence-electron chi connectivity index (χ0n) is 10.1. The summed E-state index contributed by atoms with van der Waals surface area (Å²) in [4.78, 5) is 18.7. The van der Waals surface area contributed by atoms with Crippen molar-refractivity contribution >= 4 is 22.6 Å². The Labute approximate surface area is 109 Å². The fourth-order valence-electron chi connectivity index (χ4n) is 1.95. The highest BCUT2D eigenvalue weighted by Crippen LogP contribution is 2.22. The molecule has 0 aliphatic carbocycles. The number of hydrogen-bond donors (Lipinski definition) is 3. The second-order valence-corrected chi connectivity index (χ2v) is 4.30. The minimum absolute atomic E-state index is 0.441. The van der Waals surface area contributed by atoms with Crippen LogP contribution in [0, 0.1) is 0 Å². The SMILES string of the molecule is NC(=O)c1ccc(-c2nc3cc(N)ccc3[nH]2)cc1. The van der Waals surface area contributed by atoms with Crippen LogP contribution in [0.15, 0.2) is 42.5 Å². The topological polar surface area (TPSA) is 97.8 Å². The smallest absolute Gasteiger partial charge is 0.248 e. The van der Waals surface area contributed by atoms with Gasteiger partial charge < -0.3 is 16.5 Å². The molecule has 5 nitrogen and oxygen atoms in total. The third kappa shape index (κ3) is 2.01. The molecule has 0 fully saturated rings. The number of benzene rings is 2. The van der Waals surface area contributed by atoms with Crippen LogP contribution in [0.4, 0.5) is 5.69 Å². The van der Waals surface area contributed by atoms with E-state index in [-0.39, 0.29) is 0 Å². The van der Waals surface area contributed by atoms with Crippen molar-refractivity contribution in [3.05, 3.63) is 48.0 Å². The Morgan fingerprint density at radius 2 is 1.84 bits per heavy atom. The van der Waals surface area contributed by atoms with Crippen molar-refractivity contribution in [2.24, 2.45) is 5.73 Å². The van der Waals surface area contributed by atoms with Crippen molar-refractivity contribution < 1.29 is 4.79 Å². The molecule has 0 spiro atoms. The number of amides is 1. The average molecular weight is 252 g/mol. The van der Waals surface area contributed by atoms with Crippen LogP contribution in [0.25, 0.3) is 22.4 Å². The number of anilines is 1.